The van der Waals surface area contributed by atoms with Gasteiger partial charge in [0.25, 0.3) is 0 Å². The maximum absolute atomic E-state index is 13.7. The molecule has 10 heteroatoms. The van der Waals surface area contributed by atoms with Crippen molar-refractivity contribution in [1.82, 2.24) is 24.9 Å². The van der Waals surface area contributed by atoms with Crippen molar-refractivity contribution in [1.29, 1.82) is 0 Å². The van der Waals surface area contributed by atoms with Gasteiger partial charge in [0.1, 0.15) is 5.69 Å². The van der Waals surface area contributed by atoms with Gasteiger partial charge in [0, 0.05) is 32.7 Å². The average Bonchev–Trinajstić information content (AvgIpc) is 2.84. The minimum absolute atomic E-state index is 0. The lowest BCUT2D eigenvalue weighted by atomic mass is 10.2. The normalized spacial score (nSPS) is 11.6. The number of nitrogens with one attached hydrogen (secondary N) is 1. The maximum Gasteiger partial charge on any atom is 0.433 e. The molecule has 0 bridgehead atoms. The number of hydrogen-bond donors (Lipinski definition) is 1. The van der Waals surface area contributed by atoms with Gasteiger partial charge in [-0.2, -0.15) is 27.8 Å². The van der Waals surface area contributed by atoms with Crippen LogP contribution in [0.25, 0.3) is 0 Å². The van der Waals surface area contributed by atoms with E-state index in [4.69, 9.17) is 0 Å². The first-order valence-electron chi connectivity index (χ1n) is 6.19. The Kier molecular flexibility index (Phi) is 5.58. The zero-order valence-electron chi connectivity index (χ0n) is 12.2. The minimum Gasteiger partial charge on any atom is -0.307 e. The third kappa shape index (κ3) is 3.77. The molecule has 5 nitrogen and oxygen atoms in total. The Morgan fingerprint density at radius 2 is 1.77 bits per heavy atom. The Labute approximate surface area is 130 Å². The second kappa shape index (κ2) is 6.66. The monoisotopic (exact) mass is 341 g/mol. The molecule has 0 radical (unpaired) electrons. The highest BCUT2D eigenvalue weighted by Crippen LogP contribution is 2.29. The topological polar surface area (TPSA) is 47.7 Å². The summed E-state index contributed by atoms with van der Waals surface area (Å²) < 4.78 is 53.4. The van der Waals surface area contributed by atoms with Crippen molar-refractivity contribution in [2.24, 2.45) is 14.1 Å². The Bertz CT molecular complexity index is 647. The average molecular weight is 342 g/mol. The standard InChI is InChI=1S/C12H15F4N5.ClH/c1-7-9(11(13)21(3)18-7)6-17-5-8-4-10(12(14,15)16)20(2)19-8;/h4,17H,5-6H2,1-3H3;1H. The van der Waals surface area contributed by atoms with Crippen molar-refractivity contribution in [3.8, 4) is 0 Å². The summed E-state index contributed by atoms with van der Waals surface area (Å²) in [5, 5.41) is 10.6. The highest BCUT2D eigenvalue weighted by molar-refractivity contribution is 5.85. The molecule has 0 aliphatic carbocycles. The van der Waals surface area contributed by atoms with Gasteiger partial charge in [0.05, 0.1) is 11.4 Å². The summed E-state index contributed by atoms with van der Waals surface area (Å²) in [5.74, 6) is -0.461. The molecule has 0 fully saturated rings. The lowest BCUT2D eigenvalue weighted by molar-refractivity contribution is -0.143. The Morgan fingerprint density at radius 3 is 2.23 bits per heavy atom. The van der Waals surface area contributed by atoms with Gasteiger partial charge in [-0.3, -0.25) is 4.68 Å². The summed E-state index contributed by atoms with van der Waals surface area (Å²) in [7, 11) is 2.72. The lowest BCUT2D eigenvalue weighted by Gasteiger charge is -2.04. The molecule has 0 saturated heterocycles. The summed E-state index contributed by atoms with van der Waals surface area (Å²) >= 11 is 0. The molecule has 2 aromatic heterocycles. The first-order valence-corrected chi connectivity index (χ1v) is 6.19. The molecule has 0 aromatic carbocycles. The van der Waals surface area contributed by atoms with Gasteiger partial charge in [-0.1, -0.05) is 0 Å². The van der Waals surface area contributed by atoms with Gasteiger partial charge in [0.15, 0.2) is 0 Å². The van der Waals surface area contributed by atoms with Crippen LogP contribution in [0.15, 0.2) is 6.07 Å². The molecule has 0 aliphatic rings. The summed E-state index contributed by atoms with van der Waals surface area (Å²) in [4.78, 5) is 0. The van der Waals surface area contributed by atoms with Crippen LogP contribution in [0.4, 0.5) is 17.6 Å². The third-order valence-electron chi connectivity index (χ3n) is 3.10. The van der Waals surface area contributed by atoms with Crippen LogP contribution in [0, 0.1) is 12.9 Å². The van der Waals surface area contributed by atoms with Gasteiger partial charge in [-0.15, -0.1) is 12.4 Å². The van der Waals surface area contributed by atoms with E-state index in [-0.39, 0.29) is 31.2 Å². The van der Waals surface area contributed by atoms with Crippen LogP contribution in [0.2, 0.25) is 0 Å². The second-order valence-corrected chi connectivity index (χ2v) is 4.72. The molecule has 0 saturated carbocycles. The van der Waals surface area contributed by atoms with Crippen molar-refractivity contribution in [3.05, 3.63) is 34.7 Å². The van der Waals surface area contributed by atoms with Crippen LogP contribution in [0.1, 0.15) is 22.6 Å². The van der Waals surface area contributed by atoms with E-state index in [1.165, 1.54) is 14.1 Å². The fourth-order valence-electron chi connectivity index (χ4n) is 2.07. The fourth-order valence-corrected chi connectivity index (χ4v) is 2.07. The van der Waals surface area contributed by atoms with Crippen LogP contribution >= 0.6 is 12.4 Å². The molecule has 0 aliphatic heterocycles. The molecule has 22 heavy (non-hydrogen) atoms. The van der Waals surface area contributed by atoms with Gasteiger partial charge >= 0.3 is 6.18 Å². The molecule has 2 rings (SSSR count). The molecular formula is C12H16ClF4N5. The first-order chi connectivity index (χ1) is 9.70. The number of aromatic nitrogens is 4. The van der Waals surface area contributed by atoms with E-state index in [1.807, 2.05) is 0 Å². The first kappa shape index (κ1) is 18.4. The quantitative estimate of drug-likeness (QED) is 0.868. The van der Waals surface area contributed by atoms with E-state index in [1.54, 1.807) is 6.92 Å². The van der Waals surface area contributed by atoms with Gasteiger partial charge in [-0.25, -0.2) is 4.68 Å². The smallest absolute Gasteiger partial charge is 0.307 e. The largest absolute Gasteiger partial charge is 0.433 e. The van der Waals surface area contributed by atoms with Crippen molar-refractivity contribution in [3.63, 3.8) is 0 Å². The molecule has 2 aromatic rings. The summed E-state index contributed by atoms with van der Waals surface area (Å²) in [6.07, 6.45) is -4.44. The van der Waals surface area contributed by atoms with E-state index in [9.17, 15) is 17.6 Å². The molecule has 1 N–H and O–H groups in total. The Balaban J connectivity index is 0.00000242. The van der Waals surface area contributed by atoms with Gasteiger partial charge in [0.2, 0.25) is 5.95 Å². The molecule has 124 valence electrons. The number of alkyl halides is 3. The van der Waals surface area contributed by atoms with E-state index >= 15 is 0 Å². The molecule has 0 atom stereocenters. The Morgan fingerprint density at radius 1 is 1.14 bits per heavy atom. The zero-order chi connectivity index (χ0) is 15.8. The van der Waals surface area contributed by atoms with Crippen LogP contribution < -0.4 is 5.32 Å². The SMILES string of the molecule is Cc1nn(C)c(F)c1CNCc1cc(C(F)(F)F)n(C)n1.Cl. The van der Waals surface area contributed by atoms with Gasteiger partial charge < -0.3 is 5.32 Å². The number of aryl methyl sites for hydroxylation is 3. The highest BCUT2D eigenvalue weighted by atomic mass is 35.5. The minimum atomic E-state index is -4.44. The van der Waals surface area contributed by atoms with E-state index in [2.05, 4.69) is 15.5 Å². The van der Waals surface area contributed by atoms with Crippen LogP contribution in [0.5, 0.6) is 0 Å². The van der Waals surface area contributed by atoms with Crippen LogP contribution in [-0.2, 0) is 33.4 Å². The highest BCUT2D eigenvalue weighted by Gasteiger charge is 2.34. The molecule has 0 amide bonds. The number of nitrogens with zero attached hydrogens (tertiary/aromatic N) is 4. The van der Waals surface area contributed by atoms with Crippen LogP contribution in [-0.4, -0.2) is 19.6 Å². The van der Waals surface area contributed by atoms with E-state index < -0.39 is 17.8 Å². The van der Waals surface area contributed by atoms with Crippen molar-refractivity contribution in [2.45, 2.75) is 26.2 Å². The summed E-state index contributed by atoms with van der Waals surface area (Å²) in [6, 6.07) is 0.972. The number of halogens is 5. The van der Waals surface area contributed by atoms with E-state index in [0.29, 0.717) is 11.3 Å². The molecule has 2 heterocycles. The van der Waals surface area contributed by atoms with Crippen molar-refractivity contribution >= 4 is 12.4 Å². The predicted molar refractivity (Wildman–Crippen MR) is 73.9 cm³/mol. The maximum atomic E-state index is 13.7. The predicted octanol–water partition coefficient (Wildman–Crippen LogP) is 2.33. The summed E-state index contributed by atoms with van der Waals surface area (Å²) in [5.41, 5.74) is 0.360. The number of hydrogen-bond acceptors (Lipinski definition) is 3. The zero-order valence-corrected chi connectivity index (χ0v) is 13.0. The Hall–Kier alpha value is -1.61. The fraction of sp³-hybridized carbons (Fsp3) is 0.500. The number of rotatable bonds is 4. The van der Waals surface area contributed by atoms with Gasteiger partial charge in [-0.05, 0) is 13.0 Å². The van der Waals surface area contributed by atoms with Crippen LogP contribution in [0.3, 0.4) is 0 Å². The lowest BCUT2D eigenvalue weighted by Crippen LogP contribution is -2.14. The van der Waals surface area contributed by atoms with E-state index in [0.717, 1.165) is 15.4 Å². The van der Waals surface area contributed by atoms with Crippen molar-refractivity contribution < 1.29 is 17.6 Å². The third-order valence-corrected chi connectivity index (χ3v) is 3.10. The summed E-state index contributed by atoms with van der Waals surface area (Å²) in [6.45, 7) is 1.95. The second-order valence-electron chi connectivity index (χ2n) is 4.72. The molecule has 0 unspecified atom stereocenters. The van der Waals surface area contributed by atoms with Crippen molar-refractivity contribution in [2.75, 3.05) is 0 Å². The molecular weight excluding hydrogens is 326 g/mol. The molecule has 0 spiro atoms.